The van der Waals surface area contributed by atoms with Crippen LogP contribution in [0.2, 0.25) is 0 Å². The summed E-state index contributed by atoms with van der Waals surface area (Å²) in [6.45, 7) is 0.312. The maximum Gasteiger partial charge on any atom is 0.433 e. The minimum absolute atomic E-state index is 0.229. The van der Waals surface area contributed by atoms with E-state index in [1.165, 1.54) is 13.2 Å². The molecule has 1 N–H and O–H groups in total. The van der Waals surface area contributed by atoms with Crippen LogP contribution >= 0.6 is 0 Å². The number of aromatic nitrogens is 1. The zero-order valence-corrected chi connectivity index (χ0v) is 11.0. The molecule has 0 unspecified atom stereocenters. The monoisotopic (exact) mass is 288 g/mol. The van der Waals surface area contributed by atoms with Crippen LogP contribution in [0.4, 0.5) is 18.9 Å². The molecule has 1 fully saturated rings. The molecule has 0 aliphatic heterocycles. The summed E-state index contributed by atoms with van der Waals surface area (Å²) in [6.07, 6.45) is -1.07. The van der Waals surface area contributed by atoms with Gasteiger partial charge in [0, 0.05) is 7.11 Å². The molecule has 1 aromatic heterocycles. The largest absolute Gasteiger partial charge is 0.433 e. The van der Waals surface area contributed by atoms with Crippen LogP contribution in [0.1, 0.15) is 25.0 Å². The maximum absolute atomic E-state index is 12.4. The Morgan fingerprint density at radius 2 is 2.15 bits per heavy atom. The number of methoxy groups -OCH3 is 1. The van der Waals surface area contributed by atoms with Crippen LogP contribution < -0.4 is 5.32 Å². The fourth-order valence-corrected chi connectivity index (χ4v) is 2.22. The van der Waals surface area contributed by atoms with E-state index in [9.17, 15) is 18.0 Å². The van der Waals surface area contributed by atoms with Crippen molar-refractivity contribution in [3.05, 3.63) is 24.0 Å². The van der Waals surface area contributed by atoms with Crippen molar-refractivity contribution in [1.82, 2.24) is 4.98 Å². The van der Waals surface area contributed by atoms with Crippen molar-refractivity contribution in [3.8, 4) is 0 Å². The Morgan fingerprint density at radius 3 is 2.55 bits per heavy atom. The standard InChI is InChI=1S/C13H15F3N2O2/c1-20-8-12(5-2-6-12)11(19)18-9-3-4-10(17-7-9)13(14,15)16/h3-4,7H,2,5-6,8H2,1H3,(H,18,19). The highest BCUT2D eigenvalue weighted by molar-refractivity contribution is 5.95. The Bertz CT molecular complexity index is 481. The van der Waals surface area contributed by atoms with E-state index in [2.05, 4.69) is 10.3 Å². The van der Waals surface area contributed by atoms with E-state index in [0.717, 1.165) is 31.5 Å². The molecule has 1 aromatic rings. The minimum atomic E-state index is -4.48. The predicted octanol–water partition coefficient (Wildman–Crippen LogP) is 2.86. The van der Waals surface area contributed by atoms with E-state index in [0.29, 0.717) is 6.61 Å². The quantitative estimate of drug-likeness (QED) is 0.927. The molecule has 7 heteroatoms. The molecule has 20 heavy (non-hydrogen) atoms. The number of amides is 1. The van der Waals surface area contributed by atoms with Crippen molar-refractivity contribution in [2.45, 2.75) is 25.4 Å². The first-order valence-electron chi connectivity index (χ1n) is 6.21. The lowest BCUT2D eigenvalue weighted by atomic mass is 9.68. The highest BCUT2D eigenvalue weighted by Gasteiger charge is 2.44. The zero-order valence-electron chi connectivity index (χ0n) is 11.0. The first kappa shape index (κ1) is 14.8. The number of pyridine rings is 1. The Kier molecular flexibility index (Phi) is 3.99. The summed E-state index contributed by atoms with van der Waals surface area (Å²) in [4.78, 5) is 15.5. The molecule has 4 nitrogen and oxygen atoms in total. The molecule has 0 atom stereocenters. The van der Waals surface area contributed by atoms with E-state index in [4.69, 9.17) is 4.74 Å². The molecule has 110 valence electrons. The number of rotatable bonds is 4. The smallest absolute Gasteiger partial charge is 0.384 e. The van der Waals surface area contributed by atoms with Crippen LogP contribution in [-0.4, -0.2) is 24.6 Å². The number of carbonyl (C=O) groups is 1. The Labute approximate surface area is 114 Å². The van der Waals surface area contributed by atoms with Crippen LogP contribution in [0.15, 0.2) is 18.3 Å². The summed E-state index contributed by atoms with van der Waals surface area (Å²) in [5.41, 5.74) is -1.28. The first-order valence-corrected chi connectivity index (χ1v) is 6.21. The molecule has 1 heterocycles. The third kappa shape index (κ3) is 2.92. The number of halogens is 3. The van der Waals surface area contributed by atoms with Crippen molar-refractivity contribution in [1.29, 1.82) is 0 Å². The molecule has 0 aromatic carbocycles. The number of hydrogen-bond donors (Lipinski definition) is 1. The van der Waals surface area contributed by atoms with Crippen LogP contribution in [0.3, 0.4) is 0 Å². The van der Waals surface area contributed by atoms with Crippen molar-refractivity contribution in [2.75, 3.05) is 19.0 Å². The second-order valence-electron chi connectivity index (χ2n) is 4.95. The zero-order chi connectivity index (χ0) is 14.8. The van der Waals surface area contributed by atoms with Gasteiger partial charge in [0.2, 0.25) is 5.91 Å². The molecule has 0 radical (unpaired) electrons. The fourth-order valence-electron chi connectivity index (χ4n) is 2.22. The summed E-state index contributed by atoms with van der Waals surface area (Å²) >= 11 is 0. The highest BCUT2D eigenvalue weighted by atomic mass is 19.4. The number of anilines is 1. The summed E-state index contributed by atoms with van der Waals surface area (Å²) in [6, 6.07) is 2.05. The maximum atomic E-state index is 12.4. The third-order valence-corrected chi connectivity index (χ3v) is 3.52. The summed E-state index contributed by atoms with van der Waals surface area (Å²) in [5.74, 6) is -0.229. The van der Waals surface area contributed by atoms with Gasteiger partial charge in [0.1, 0.15) is 5.69 Å². The lowest BCUT2D eigenvalue weighted by Gasteiger charge is -2.39. The first-order chi connectivity index (χ1) is 9.37. The predicted molar refractivity (Wildman–Crippen MR) is 66.0 cm³/mol. The van der Waals surface area contributed by atoms with Crippen molar-refractivity contribution >= 4 is 11.6 Å². The molecule has 0 bridgehead atoms. The van der Waals surface area contributed by atoms with Gasteiger partial charge in [-0.25, -0.2) is 4.98 Å². The van der Waals surface area contributed by atoms with Gasteiger partial charge in [-0.1, -0.05) is 6.42 Å². The minimum Gasteiger partial charge on any atom is -0.384 e. The average molecular weight is 288 g/mol. The van der Waals surface area contributed by atoms with Gasteiger partial charge in [0.05, 0.1) is 23.9 Å². The van der Waals surface area contributed by atoms with Crippen molar-refractivity contribution in [3.63, 3.8) is 0 Å². The van der Waals surface area contributed by atoms with Gasteiger partial charge in [-0.05, 0) is 25.0 Å². The van der Waals surface area contributed by atoms with Crippen molar-refractivity contribution in [2.24, 2.45) is 5.41 Å². The number of ether oxygens (including phenoxy) is 1. The van der Waals surface area contributed by atoms with Crippen LogP contribution in [0.5, 0.6) is 0 Å². The number of carbonyl (C=O) groups excluding carboxylic acids is 1. The Hall–Kier alpha value is -1.63. The second-order valence-corrected chi connectivity index (χ2v) is 4.95. The van der Waals surface area contributed by atoms with E-state index in [1.807, 2.05) is 0 Å². The number of nitrogens with one attached hydrogen (secondary N) is 1. The third-order valence-electron chi connectivity index (χ3n) is 3.52. The molecule has 2 rings (SSSR count). The molecular weight excluding hydrogens is 273 g/mol. The lowest BCUT2D eigenvalue weighted by molar-refractivity contribution is -0.141. The second kappa shape index (κ2) is 5.40. The SMILES string of the molecule is COCC1(C(=O)Nc2ccc(C(F)(F)F)nc2)CCC1. The van der Waals surface area contributed by atoms with Gasteiger partial charge in [-0.2, -0.15) is 13.2 Å². The van der Waals surface area contributed by atoms with Gasteiger partial charge in [-0.15, -0.1) is 0 Å². The van der Waals surface area contributed by atoms with Crippen molar-refractivity contribution < 1.29 is 22.7 Å². The van der Waals surface area contributed by atoms with Gasteiger partial charge in [0.15, 0.2) is 0 Å². The molecular formula is C13H15F3N2O2. The highest BCUT2D eigenvalue weighted by Crippen LogP contribution is 2.42. The van der Waals surface area contributed by atoms with E-state index >= 15 is 0 Å². The average Bonchev–Trinajstić information content (AvgIpc) is 2.33. The van der Waals surface area contributed by atoms with Gasteiger partial charge in [0.25, 0.3) is 0 Å². The van der Waals surface area contributed by atoms with Gasteiger partial charge in [-0.3, -0.25) is 4.79 Å². The molecule has 1 aliphatic carbocycles. The van der Waals surface area contributed by atoms with Crippen LogP contribution in [-0.2, 0) is 15.7 Å². The van der Waals surface area contributed by atoms with Crippen LogP contribution in [0.25, 0.3) is 0 Å². The van der Waals surface area contributed by atoms with Crippen LogP contribution in [0, 0.1) is 5.41 Å². The Balaban J connectivity index is 2.05. The molecule has 0 saturated heterocycles. The molecule has 1 saturated carbocycles. The van der Waals surface area contributed by atoms with E-state index in [1.54, 1.807) is 0 Å². The normalized spacial score (nSPS) is 17.4. The fraction of sp³-hybridized carbons (Fsp3) is 0.538. The summed E-state index contributed by atoms with van der Waals surface area (Å²) < 4.78 is 42.2. The van der Waals surface area contributed by atoms with E-state index < -0.39 is 17.3 Å². The number of nitrogens with zero attached hydrogens (tertiary/aromatic N) is 1. The lowest BCUT2D eigenvalue weighted by Crippen LogP contribution is -2.45. The van der Waals surface area contributed by atoms with Gasteiger partial charge < -0.3 is 10.1 Å². The summed E-state index contributed by atoms with van der Waals surface area (Å²) in [7, 11) is 1.52. The molecule has 1 aliphatic rings. The Morgan fingerprint density at radius 1 is 1.45 bits per heavy atom. The number of alkyl halides is 3. The van der Waals surface area contributed by atoms with E-state index in [-0.39, 0.29) is 11.6 Å². The topological polar surface area (TPSA) is 51.2 Å². The van der Waals surface area contributed by atoms with Gasteiger partial charge >= 0.3 is 6.18 Å². The number of hydrogen-bond acceptors (Lipinski definition) is 3. The molecule has 0 spiro atoms. The molecule has 1 amide bonds. The summed E-state index contributed by atoms with van der Waals surface area (Å²) in [5, 5.41) is 2.60.